The van der Waals surface area contributed by atoms with Crippen molar-refractivity contribution < 1.29 is 4.79 Å². The average molecular weight is 467 g/mol. The fraction of sp³-hybridized carbons (Fsp3) is 0.480. The molecule has 0 aliphatic carbocycles. The minimum absolute atomic E-state index is 0.105. The van der Waals surface area contributed by atoms with Crippen molar-refractivity contribution in [2.75, 3.05) is 33.7 Å². The van der Waals surface area contributed by atoms with Gasteiger partial charge >= 0.3 is 0 Å². The lowest BCUT2D eigenvalue weighted by atomic mass is 10.0. The molecule has 2 unspecified atom stereocenters. The topological polar surface area (TPSA) is 93.5 Å². The van der Waals surface area contributed by atoms with Crippen molar-refractivity contribution in [1.29, 1.82) is 0 Å². The lowest BCUT2D eigenvalue weighted by Crippen LogP contribution is -2.50. The first-order valence-electron chi connectivity index (χ1n) is 11.4. The van der Waals surface area contributed by atoms with Gasteiger partial charge in [0.2, 0.25) is 5.91 Å². The summed E-state index contributed by atoms with van der Waals surface area (Å²) < 4.78 is 0.599. The van der Waals surface area contributed by atoms with E-state index >= 15 is 0 Å². The van der Waals surface area contributed by atoms with Crippen LogP contribution in [0.25, 0.3) is 11.3 Å². The molecule has 0 radical (unpaired) electrons. The number of hydrogen-bond donors (Lipinski definition) is 3. The number of nitrogens with zero attached hydrogens (tertiary/aromatic N) is 3. The van der Waals surface area contributed by atoms with Gasteiger partial charge in [0.1, 0.15) is 0 Å². The van der Waals surface area contributed by atoms with Crippen LogP contribution in [0.1, 0.15) is 32.3 Å². The van der Waals surface area contributed by atoms with Crippen LogP contribution in [0.15, 0.2) is 35.5 Å². The van der Waals surface area contributed by atoms with E-state index in [1.54, 1.807) is 0 Å². The molecule has 1 aromatic carbocycles. The zero-order valence-corrected chi connectivity index (χ0v) is 20.7. The smallest absolute Gasteiger partial charge is 0.240 e. The first kappa shape index (κ1) is 24.9. The van der Waals surface area contributed by atoms with Crippen LogP contribution in [0, 0.1) is 22.5 Å². The second kappa shape index (κ2) is 11.4. The van der Waals surface area contributed by atoms with E-state index in [1.807, 2.05) is 54.4 Å². The summed E-state index contributed by atoms with van der Waals surface area (Å²) in [5.74, 6) is 6.70. The van der Waals surface area contributed by atoms with Gasteiger partial charge in [0.05, 0.1) is 30.0 Å². The third-order valence-corrected chi connectivity index (χ3v) is 6.15. The van der Waals surface area contributed by atoms with Gasteiger partial charge in [-0.3, -0.25) is 14.7 Å². The van der Waals surface area contributed by atoms with Crippen LogP contribution in [-0.2, 0) is 4.79 Å². The van der Waals surface area contributed by atoms with Gasteiger partial charge in [0.15, 0.2) is 4.77 Å². The molecule has 1 aliphatic rings. The lowest BCUT2D eigenvalue weighted by molar-refractivity contribution is -0.138. The summed E-state index contributed by atoms with van der Waals surface area (Å²) in [5.41, 5.74) is 9.42. The molecule has 1 fully saturated rings. The highest BCUT2D eigenvalue weighted by Crippen LogP contribution is 2.22. The van der Waals surface area contributed by atoms with E-state index < -0.39 is 0 Å². The third kappa shape index (κ3) is 6.41. The van der Waals surface area contributed by atoms with E-state index in [2.05, 4.69) is 40.6 Å². The second-order valence-corrected chi connectivity index (χ2v) is 9.36. The molecule has 1 saturated heterocycles. The Balaban J connectivity index is 1.67. The molecule has 176 valence electrons. The predicted octanol–water partition coefficient (Wildman–Crippen LogP) is 3.07. The minimum Gasteiger partial charge on any atom is -0.337 e. The lowest BCUT2D eigenvalue weighted by Gasteiger charge is -2.33. The van der Waals surface area contributed by atoms with Crippen LogP contribution in [0.4, 0.5) is 0 Å². The summed E-state index contributed by atoms with van der Waals surface area (Å²) in [4.78, 5) is 27.9. The Morgan fingerprint density at radius 1 is 1.33 bits per heavy atom. The molecule has 0 saturated carbocycles. The van der Waals surface area contributed by atoms with Crippen molar-refractivity contribution in [3.63, 3.8) is 0 Å². The Hall–Kier alpha value is -2.73. The number of rotatable bonds is 7. The molecule has 8 heteroatoms. The van der Waals surface area contributed by atoms with Gasteiger partial charge in [-0.25, -0.2) is 0 Å². The number of likely N-dealkylation sites (tertiary alicyclic amines) is 1. The zero-order valence-electron chi connectivity index (χ0n) is 19.9. The van der Waals surface area contributed by atoms with Crippen LogP contribution < -0.4 is 5.73 Å². The average Bonchev–Trinajstić information content (AvgIpc) is 3.42. The van der Waals surface area contributed by atoms with E-state index in [0.717, 1.165) is 36.2 Å². The van der Waals surface area contributed by atoms with E-state index in [-0.39, 0.29) is 30.5 Å². The summed E-state index contributed by atoms with van der Waals surface area (Å²) in [5, 5.41) is 0. The highest BCUT2D eigenvalue weighted by Gasteiger charge is 2.35. The Bertz CT molecular complexity index is 1080. The summed E-state index contributed by atoms with van der Waals surface area (Å²) in [6.07, 6.45) is 3.81. The van der Waals surface area contributed by atoms with Gasteiger partial charge in [-0.2, -0.15) is 0 Å². The molecule has 1 aromatic heterocycles. The number of aromatic amines is 2. The number of carbonyl (C=O) groups excluding carboxylic acids is 1. The fourth-order valence-electron chi connectivity index (χ4n) is 4.32. The van der Waals surface area contributed by atoms with Crippen LogP contribution in [-0.4, -0.2) is 77.2 Å². The first-order valence-corrected chi connectivity index (χ1v) is 11.8. The normalized spacial score (nSPS) is 17.4. The van der Waals surface area contributed by atoms with Gasteiger partial charge in [-0.05, 0) is 68.7 Å². The maximum atomic E-state index is 13.2. The molecular weight excluding hydrogens is 432 g/mol. The van der Waals surface area contributed by atoms with Gasteiger partial charge in [0, 0.05) is 24.8 Å². The Morgan fingerprint density at radius 2 is 2.06 bits per heavy atom. The van der Waals surface area contributed by atoms with Crippen molar-refractivity contribution in [2.45, 2.75) is 38.8 Å². The highest BCUT2D eigenvalue weighted by atomic mass is 32.1. The largest absolute Gasteiger partial charge is 0.337 e. The monoisotopic (exact) mass is 466 g/mol. The second-order valence-electron chi connectivity index (χ2n) is 8.96. The molecular formula is C25H34N6OS. The van der Waals surface area contributed by atoms with E-state index in [9.17, 15) is 4.79 Å². The molecule has 0 spiro atoms. The number of imidazole rings is 1. The predicted molar refractivity (Wildman–Crippen MR) is 137 cm³/mol. The molecule has 4 N–H and O–H groups in total. The third-order valence-electron chi connectivity index (χ3n) is 5.93. The quantitative estimate of drug-likeness (QED) is 0.332. The summed E-state index contributed by atoms with van der Waals surface area (Å²) in [6.45, 7) is 5.78. The van der Waals surface area contributed by atoms with E-state index in [0.29, 0.717) is 17.0 Å². The molecule has 2 aromatic rings. The summed E-state index contributed by atoms with van der Waals surface area (Å²) in [6, 6.07) is 7.91. The van der Waals surface area contributed by atoms with Crippen LogP contribution in [0.2, 0.25) is 0 Å². The zero-order chi connectivity index (χ0) is 24.0. The highest BCUT2D eigenvalue weighted by molar-refractivity contribution is 7.71. The number of nitrogens with one attached hydrogen (secondary N) is 2. The molecule has 1 aliphatic heterocycles. The van der Waals surface area contributed by atoms with E-state index in [4.69, 9.17) is 18.0 Å². The molecule has 3 rings (SSSR count). The minimum atomic E-state index is -0.118. The number of benzene rings is 1. The van der Waals surface area contributed by atoms with Gasteiger partial charge < -0.3 is 20.6 Å². The molecule has 2 atom stereocenters. The van der Waals surface area contributed by atoms with Crippen molar-refractivity contribution >= 4 is 23.8 Å². The SMILES string of the molecule is CC(C)C(C(=O)N1CCCC1CN=C(C#Cc1ccc(-c2c[nH]c(=S)[nH]2)cc1)CN)N(C)C. The molecule has 1 amide bonds. The number of likely N-dealkylation sites (N-methyl/N-ethyl adjacent to an activating group) is 1. The van der Waals surface area contributed by atoms with Crippen LogP contribution in [0.5, 0.6) is 0 Å². The molecule has 33 heavy (non-hydrogen) atoms. The Labute approximate surface area is 201 Å². The van der Waals surface area contributed by atoms with Gasteiger partial charge in [-0.15, -0.1) is 0 Å². The van der Waals surface area contributed by atoms with Crippen molar-refractivity contribution in [3.05, 3.63) is 40.8 Å². The molecule has 2 heterocycles. The van der Waals surface area contributed by atoms with Crippen molar-refractivity contribution in [3.8, 4) is 23.1 Å². The van der Waals surface area contributed by atoms with Crippen LogP contribution >= 0.6 is 12.2 Å². The summed E-state index contributed by atoms with van der Waals surface area (Å²) in [7, 11) is 3.93. The summed E-state index contributed by atoms with van der Waals surface area (Å²) >= 11 is 5.08. The number of aliphatic imine (C=N–C) groups is 1. The first-order chi connectivity index (χ1) is 15.8. The number of H-pyrrole nitrogens is 2. The maximum absolute atomic E-state index is 13.2. The standard InChI is InChI=1S/C25H34N6OS/c1-17(2)23(30(3)4)24(32)31-13-5-6-21(31)15-27-20(14-26)12-9-18-7-10-19(11-8-18)22-16-28-25(33)29-22/h7-8,10-11,16-17,21,23H,5-6,13-15,26H2,1-4H3,(H2,28,29,33). The molecule has 0 bridgehead atoms. The maximum Gasteiger partial charge on any atom is 0.240 e. The Kier molecular flexibility index (Phi) is 8.61. The fourth-order valence-corrected chi connectivity index (χ4v) is 4.49. The number of carbonyl (C=O) groups is 1. The number of amides is 1. The molecule has 7 nitrogen and oxygen atoms in total. The van der Waals surface area contributed by atoms with Crippen molar-refractivity contribution in [1.82, 2.24) is 19.8 Å². The Morgan fingerprint density at radius 3 is 2.64 bits per heavy atom. The van der Waals surface area contributed by atoms with Gasteiger partial charge in [-0.1, -0.05) is 31.9 Å². The number of nitrogens with two attached hydrogens (primary N) is 1. The number of aromatic nitrogens is 2. The van der Waals surface area contributed by atoms with E-state index in [1.165, 1.54) is 0 Å². The van der Waals surface area contributed by atoms with Crippen molar-refractivity contribution in [2.24, 2.45) is 16.6 Å². The number of hydrogen-bond acceptors (Lipinski definition) is 5. The van der Waals surface area contributed by atoms with Gasteiger partial charge in [0.25, 0.3) is 0 Å². The van der Waals surface area contributed by atoms with Crippen LogP contribution in [0.3, 0.4) is 0 Å².